The van der Waals surface area contributed by atoms with E-state index in [4.69, 9.17) is 4.74 Å². The van der Waals surface area contributed by atoms with Gasteiger partial charge in [0.05, 0.1) is 19.4 Å². The van der Waals surface area contributed by atoms with E-state index >= 15 is 0 Å². The second-order valence-electron chi connectivity index (χ2n) is 5.39. The molecule has 124 valence electrons. The summed E-state index contributed by atoms with van der Waals surface area (Å²) in [4.78, 5) is 16.2. The van der Waals surface area contributed by atoms with Crippen LogP contribution in [0.2, 0.25) is 0 Å². The number of aromatic nitrogens is 1. The molecule has 1 fully saturated rings. The van der Waals surface area contributed by atoms with Crippen LogP contribution in [0.1, 0.15) is 23.6 Å². The number of hydrogen-bond acceptors (Lipinski definition) is 6. The first-order valence-corrected chi connectivity index (χ1v) is 7.65. The second-order valence-corrected chi connectivity index (χ2v) is 5.39. The molecule has 1 aromatic heterocycles. The van der Waals surface area contributed by atoms with Crippen molar-refractivity contribution in [3.05, 3.63) is 59.9 Å². The van der Waals surface area contributed by atoms with Crippen molar-refractivity contribution in [1.29, 1.82) is 0 Å². The van der Waals surface area contributed by atoms with Gasteiger partial charge in [0.2, 0.25) is 0 Å². The van der Waals surface area contributed by atoms with Crippen molar-refractivity contribution < 1.29 is 9.53 Å². The molecule has 3 N–H and O–H groups in total. The standard InChI is InChI=1S/C17H19N5O2/c1-24-16-7-3-2-6-13(16)14-9-15(21-20-14)17(23)22-19-11-12-5-4-8-18-10-12/h2-8,10-11,14-15,20-21H,9H2,1H3,(H,22,23)/b19-11+. The van der Waals surface area contributed by atoms with E-state index in [1.54, 1.807) is 25.7 Å². The van der Waals surface area contributed by atoms with Crippen LogP contribution in [0.15, 0.2) is 53.9 Å². The average molecular weight is 325 g/mol. The molecule has 1 aliphatic heterocycles. The van der Waals surface area contributed by atoms with E-state index in [0.717, 1.165) is 16.9 Å². The highest BCUT2D eigenvalue weighted by atomic mass is 16.5. The molecule has 1 amide bonds. The molecule has 0 spiro atoms. The van der Waals surface area contributed by atoms with Gasteiger partial charge in [-0.15, -0.1) is 0 Å². The number of hydrazone groups is 1. The second kappa shape index (κ2) is 7.67. The molecule has 3 rings (SSSR count). The summed E-state index contributed by atoms with van der Waals surface area (Å²) in [6.07, 6.45) is 5.52. The summed E-state index contributed by atoms with van der Waals surface area (Å²) >= 11 is 0. The lowest BCUT2D eigenvalue weighted by Gasteiger charge is -2.13. The summed E-state index contributed by atoms with van der Waals surface area (Å²) in [6.45, 7) is 0. The topological polar surface area (TPSA) is 87.6 Å². The number of ether oxygens (including phenoxy) is 1. The van der Waals surface area contributed by atoms with Crippen LogP contribution in [0.3, 0.4) is 0 Å². The third-order valence-electron chi connectivity index (χ3n) is 3.81. The van der Waals surface area contributed by atoms with Crippen LogP contribution in [-0.2, 0) is 4.79 Å². The molecular formula is C17H19N5O2. The third kappa shape index (κ3) is 3.76. The summed E-state index contributed by atoms with van der Waals surface area (Å²) in [5.74, 6) is 0.604. The minimum Gasteiger partial charge on any atom is -0.496 e. The molecule has 2 heterocycles. The Balaban J connectivity index is 1.57. The zero-order valence-electron chi connectivity index (χ0n) is 13.3. The van der Waals surface area contributed by atoms with Crippen molar-refractivity contribution in [2.75, 3.05) is 7.11 Å². The van der Waals surface area contributed by atoms with Gasteiger partial charge in [0.25, 0.3) is 5.91 Å². The van der Waals surface area contributed by atoms with Gasteiger partial charge in [0.1, 0.15) is 11.8 Å². The number of benzene rings is 1. The molecule has 1 saturated heterocycles. The lowest BCUT2D eigenvalue weighted by atomic mass is 10.0. The first-order chi connectivity index (χ1) is 11.8. The summed E-state index contributed by atoms with van der Waals surface area (Å²) in [7, 11) is 1.64. The van der Waals surface area contributed by atoms with Crippen molar-refractivity contribution in [1.82, 2.24) is 21.3 Å². The summed E-state index contributed by atoms with van der Waals surface area (Å²) in [6, 6.07) is 11.1. The van der Waals surface area contributed by atoms with Gasteiger partial charge in [0, 0.05) is 23.5 Å². The number of amides is 1. The van der Waals surface area contributed by atoms with Crippen LogP contribution in [0.25, 0.3) is 0 Å². The summed E-state index contributed by atoms with van der Waals surface area (Å²) in [5, 5.41) is 3.96. The largest absolute Gasteiger partial charge is 0.496 e. The Morgan fingerprint density at radius 3 is 3.00 bits per heavy atom. The highest BCUT2D eigenvalue weighted by Gasteiger charge is 2.31. The smallest absolute Gasteiger partial charge is 0.258 e. The molecule has 2 aromatic rings. The molecule has 0 bridgehead atoms. The predicted octanol–water partition coefficient (Wildman–Crippen LogP) is 1.15. The summed E-state index contributed by atoms with van der Waals surface area (Å²) < 4.78 is 5.37. The van der Waals surface area contributed by atoms with Crippen LogP contribution >= 0.6 is 0 Å². The fourth-order valence-electron chi connectivity index (χ4n) is 2.59. The van der Waals surface area contributed by atoms with Crippen LogP contribution in [-0.4, -0.2) is 30.3 Å². The number of rotatable bonds is 5. The highest BCUT2D eigenvalue weighted by molar-refractivity contribution is 5.84. The number of para-hydroxylation sites is 1. The van der Waals surface area contributed by atoms with Crippen molar-refractivity contribution >= 4 is 12.1 Å². The average Bonchev–Trinajstić information content (AvgIpc) is 3.12. The van der Waals surface area contributed by atoms with Gasteiger partial charge in [0.15, 0.2) is 0 Å². The highest BCUT2D eigenvalue weighted by Crippen LogP contribution is 2.29. The van der Waals surface area contributed by atoms with Crippen LogP contribution in [0.4, 0.5) is 0 Å². The van der Waals surface area contributed by atoms with E-state index in [9.17, 15) is 4.79 Å². The Hall–Kier alpha value is -2.77. The lowest BCUT2D eigenvalue weighted by molar-refractivity contribution is -0.122. The molecule has 2 unspecified atom stereocenters. The Kier molecular flexibility index (Phi) is 5.15. The van der Waals surface area contributed by atoms with Crippen LogP contribution in [0, 0.1) is 0 Å². The SMILES string of the molecule is COc1ccccc1C1CC(C(=O)N/N=C/c2cccnc2)NN1. The monoisotopic (exact) mass is 325 g/mol. The van der Waals surface area contributed by atoms with Gasteiger partial charge in [-0.3, -0.25) is 9.78 Å². The predicted molar refractivity (Wildman–Crippen MR) is 90.4 cm³/mol. The maximum Gasteiger partial charge on any atom is 0.258 e. The molecule has 0 radical (unpaired) electrons. The van der Waals surface area contributed by atoms with Gasteiger partial charge in [-0.05, 0) is 18.6 Å². The van der Waals surface area contributed by atoms with Crippen molar-refractivity contribution in [3.8, 4) is 5.75 Å². The molecule has 1 aliphatic rings. The lowest BCUT2D eigenvalue weighted by Crippen LogP contribution is -2.41. The number of methoxy groups -OCH3 is 1. The summed E-state index contributed by atoms with van der Waals surface area (Å²) in [5.41, 5.74) is 10.5. The third-order valence-corrected chi connectivity index (χ3v) is 3.81. The van der Waals surface area contributed by atoms with Crippen LogP contribution in [0.5, 0.6) is 5.75 Å². The minimum atomic E-state index is -0.369. The molecule has 7 heteroatoms. The van der Waals surface area contributed by atoms with Crippen molar-refractivity contribution in [3.63, 3.8) is 0 Å². The Morgan fingerprint density at radius 2 is 2.21 bits per heavy atom. The van der Waals surface area contributed by atoms with Gasteiger partial charge >= 0.3 is 0 Å². The van der Waals surface area contributed by atoms with Crippen molar-refractivity contribution in [2.45, 2.75) is 18.5 Å². The van der Waals surface area contributed by atoms with E-state index in [-0.39, 0.29) is 18.0 Å². The van der Waals surface area contributed by atoms with Gasteiger partial charge in [-0.1, -0.05) is 24.3 Å². The van der Waals surface area contributed by atoms with Gasteiger partial charge in [-0.2, -0.15) is 5.10 Å². The van der Waals surface area contributed by atoms with E-state index in [2.05, 4.69) is 26.4 Å². The quantitative estimate of drug-likeness (QED) is 0.567. The molecule has 24 heavy (non-hydrogen) atoms. The molecule has 7 nitrogen and oxygen atoms in total. The number of nitrogens with one attached hydrogen (secondary N) is 3. The Morgan fingerprint density at radius 1 is 1.33 bits per heavy atom. The van der Waals surface area contributed by atoms with Crippen molar-refractivity contribution in [2.24, 2.45) is 5.10 Å². The van der Waals surface area contributed by atoms with Crippen LogP contribution < -0.4 is 21.0 Å². The number of nitrogens with zero attached hydrogens (tertiary/aromatic N) is 2. The maximum absolute atomic E-state index is 12.2. The Bertz CT molecular complexity index is 720. The van der Waals surface area contributed by atoms with Gasteiger partial charge in [-0.25, -0.2) is 16.3 Å². The zero-order chi connectivity index (χ0) is 16.8. The van der Waals surface area contributed by atoms with E-state index in [1.165, 1.54) is 0 Å². The fourth-order valence-corrected chi connectivity index (χ4v) is 2.59. The number of carbonyl (C=O) groups excluding carboxylic acids is 1. The fraction of sp³-hybridized carbons (Fsp3) is 0.235. The van der Waals surface area contributed by atoms with E-state index in [0.29, 0.717) is 6.42 Å². The molecular weight excluding hydrogens is 306 g/mol. The molecule has 0 saturated carbocycles. The first-order valence-electron chi connectivity index (χ1n) is 7.65. The number of hydrogen-bond donors (Lipinski definition) is 3. The molecule has 1 aromatic carbocycles. The number of pyridine rings is 1. The molecule has 0 aliphatic carbocycles. The first kappa shape index (κ1) is 16.1. The minimum absolute atomic E-state index is 0.000738. The number of carbonyl (C=O) groups is 1. The Labute approximate surface area is 140 Å². The zero-order valence-corrected chi connectivity index (χ0v) is 13.3. The molecule has 2 atom stereocenters. The van der Waals surface area contributed by atoms with E-state index < -0.39 is 0 Å². The van der Waals surface area contributed by atoms with E-state index in [1.807, 2.05) is 36.4 Å². The maximum atomic E-state index is 12.2. The number of hydrazine groups is 1. The van der Waals surface area contributed by atoms with Gasteiger partial charge < -0.3 is 4.74 Å². The normalized spacial score (nSPS) is 20.2.